The van der Waals surface area contributed by atoms with Crippen molar-refractivity contribution in [3.63, 3.8) is 0 Å². The van der Waals surface area contributed by atoms with Crippen molar-refractivity contribution < 1.29 is 0 Å². The van der Waals surface area contributed by atoms with Crippen LogP contribution in [0.2, 0.25) is 0 Å². The van der Waals surface area contributed by atoms with Crippen molar-refractivity contribution in [3.05, 3.63) is 24.3 Å². The monoisotopic (exact) mass is 219 g/mol. The summed E-state index contributed by atoms with van der Waals surface area (Å²) in [4.78, 5) is 12.0. The van der Waals surface area contributed by atoms with E-state index in [2.05, 4.69) is 20.3 Å². The molecule has 2 heterocycles. The summed E-state index contributed by atoms with van der Waals surface area (Å²) in [5, 5.41) is 3.08. The van der Waals surface area contributed by atoms with E-state index in [1.807, 2.05) is 17.8 Å². The van der Waals surface area contributed by atoms with Crippen molar-refractivity contribution in [1.29, 1.82) is 0 Å². The lowest BCUT2D eigenvalue weighted by Crippen LogP contribution is -2.09. The molecule has 16 heavy (non-hydrogen) atoms. The molecule has 0 radical (unpaired) electrons. The van der Waals surface area contributed by atoms with Crippen LogP contribution in [-0.2, 0) is 13.6 Å². The number of nitrogens with zero attached hydrogens (tertiary/aromatic N) is 4. The second kappa shape index (κ2) is 4.05. The van der Waals surface area contributed by atoms with Gasteiger partial charge in [0.25, 0.3) is 0 Å². The van der Waals surface area contributed by atoms with Crippen molar-refractivity contribution in [2.45, 2.75) is 6.54 Å². The second-order valence-electron chi connectivity index (χ2n) is 3.34. The SMILES string of the molecule is Cn1ccnc1CNc1cc(N)nc(N)n1. The average Bonchev–Trinajstić information content (AvgIpc) is 2.59. The molecule has 0 aliphatic heterocycles. The topological polar surface area (TPSA) is 108 Å². The van der Waals surface area contributed by atoms with Crippen LogP contribution in [0.15, 0.2) is 18.5 Å². The minimum absolute atomic E-state index is 0.155. The quantitative estimate of drug-likeness (QED) is 0.670. The Labute approximate surface area is 92.5 Å². The van der Waals surface area contributed by atoms with Crippen LogP contribution < -0.4 is 16.8 Å². The number of rotatable bonds is 3. The zero-order valence-electron chi connectivity index (χ0n) is 8.88. The van der Waals surface area contributed by atoms with Crippen molar-refractivity contribution in [1.82, 2.24) is 19.5 Å². The Kier molecular flexibility index (Phi) is 2.59. The van der Waals surface area contributed by atoms with Gasteiger partial charge >= 0.3 is 0 Å². The van der Waals surface area contributed by atoms with Crippen LogP contribution in [0.5, 0.6) is 0 Å². The Morgan fingerprint density at radius 1 is 1.38 bits per heavy atom. The van der Waals surface area contributed by atoms with Gasteiger partial charge in [-0.05, 0) is 0 Å². The zero-order valence-corrected chi connectivity index (χ0v) is 8.88. The number of nitrogens with two attached hydrogens (primary N) is 2. The maximum absolute atomic E-state index is 5.55. The molecule has 0 amide bonds. The van der Waals surface area contributed by atoms with Gasteiger partial charge in [-0.1, -0.05) is 0 Å². The van der Waals surface area contributed by atoms with Crippen LogP contribution in [-0.4, -0.2) is 19.5 Å². The summed E-state index contributed by atoms with van der Waals surface area (Å²) in [7, 11) is 1.92. The first kappa shape index (κ1) is 10.2. The molecule has 0 spiro atoms. The summed E-state index contributed by atoms with van der Waals surface area (Å²) in [6, 6.07) is 1.62. The van der Waals surface area contributed by atoms with Crippen LogP contribution in [0, 0.1) is 0 Å². The molecule has 7 heteroatoms. The maximum Gasteiger partial charge on any atom is 0.223 e. The Morgan fingerprint density at radius 3 is 2.81 bits per heavy atom. The highest BCUT2D eigenvalue weighted by molar-refractivity contribution is 5.48. The first-order valence-corrected chi connectivity index (χ1v) is 4.75. The predicted molar refractivity (Wildman–Crippen MR) is 61.4 cm³/mol. The van der Waals surface area contributed by atoms with Gasteiger partial charge in [0.2, 0.25) is 5.95 Å². The summed E-state index contributed by atoms with van der Waals surface area (Å²) in [5.74, 6) is 1.99. The summed E-state index contributed by atoms with van der Waals surface area (Å²) in [6.45, 7) is 0.555. The Hall–Kier alpha value is -2.31. The molecule has 0 aromatic carbocycles. The number of nitrogens with one attached hydrogen (secondary N) is 1. The first-order valence-electron chi connectivity index (χ1n) is 4.75. The molecule has 0 atom stereocenters. The van der Waals surface area contributed by atoms with E-state index >= 15 is 0 Å². The van der Waals surface area contributed by atoms with Crippen LogP contribution in [0.3, 0.4) is 0 Å². The van der Waals surface area contributed by atoms with Gasteiger partial charge in [0.05, 0.1) is 6.54 Å². The summed E-state index contributed by atoms with van der Waals surface area (Å²) < 4.78 is 1.92. The van der Waals surface area contributed by atoms with Crippen molar-refractivity contribution >= 4 is 17.6 Å². The highest BCUT2D eigenvalue weighted by Crippen LogP contribution is 2.10. The molecule has 84 valence electrons. The molecule has 0 fully saturated rings. The lowest BCUT2D eigenvalue weighted by atomic mass is 10.5. The molecule has 0 saturated carbocycles. The smallest absolute Gasteiger partial charge is 0.223 e. The van der Waals surface area contributed by atoms with Gasteiger partial charge in [0, 0.05) is 25.5 Å². The molecular weight excluding hydrogens is 206 g/mol. The minimum atomic E-state index is 0.155. The number of hydrogen-bond acceptors (Lipinski definition) is 6. The number of nitrogen functional groups attached to an aromatic ring is 2. The van der Waals surface area contributed by atoms with E-state index in [4.69, 9.17) is 11.5 Å². The largest absolute Gasteiger partial charge is 0.383 e. The van der Waals surface area contributed by atoms with Crippen LogP contribution in [0.25, 0.3) is 0 Å². The van der Waals surface area contributed by atoms with E-state index in [1.54, 1.807) is 12.3 Å². The fourth-order valence-corrected chi connectivity index (χ4v) is 1.31. The molecule has 0 saturated heterocycles. The van der Waals surface area contributed by atoms with E-state index < -0.39 is 0 Å². The zero-order chi connectivity index (χ0) is 11.5. The third-order valence-electron chi connectivity index (χ3n) is 2.11. The number of anilines is 3. The Balaban J connectivity index is 2.07. The second-order valence-corrected chi connectivity index (χ2v) is 3.34. The summed E-state index contributed by atoms with van der Waals surface area (Å²) >= 11 is 0. The lowest BCUT2D eigenvalue weighted by Gasteiger charge is -2.06. The molecule has 0 bridgehead atoms. The van der Waals surface area contributed by atoms with Crippen molar-refractivity contribution in [2.75, 3.05) is 16.8 Å². The number of aromatic nitrogens is 4. The molecule has 2 aromatic rings. The lowest BCUT2D eigenvalue weighted by molar-refractivity contribution is 0.810. The standard InChI is InChI=1S/C9H13N7/c1-16-3-2-12-8(16)5-13-7-4-6(10)14-9(11)15-7/h2-4H,5H2,1H3,(H5,10,11,13,14,15). The molecular formula is C9H13N7. The van der Waals surface area contributed by atoms with E-state index in [-0.39, 0.29) is 5.95 Å². The summed E-state index contributed by atoms with van der Waals surface area (Å²) in [6.07, 6.45) is 3.61. The van der Waals surface area contributed by atoms with E-state index in [0.29, 0.717) is 18.2 Å². The molecule has 2 rings (SSSR count). The highest BCUT2D eigenvalue weighted by Gasteiger charge is 2.02. The van der Waals surface area contributed by atoms with Crippen molar-refractivity contribution in [3.8, 4) is 0 Å². The normalized spacial score (nSPS) is 10.3. The average molecular weight is 219 g/mol. The Morgan fingerprint density at radius 2 is 2.19 bits per heavy atom. The first-order chi connectivity index (χ1) is 7.65. The molecule has 0 aliphatic rings. The van der Waals surface area contributed by atoms with Crippen LogP contribution in [0.4, 0.5) is 17.6 Å². The fourth-order valence-electron chi connectivity index (χ4n) is 1.31. The molecule has 0 unspecified atom stereocenters. The van der Waals surface area contributed by atoms with Crippen LogP contribution >= 0.6 is 0 Å². The highest BCUT2D eigenvalue weighted by atomic mass is 15.1. The van der Waals surface area contributed by atoms with E-state index in [1.165, 1.54) is 0 Å². The fraction of sp³-hybridized carbons (Fsp3) is 0.222. The molecule has 7 nitrogen and oxygen atoms in total. The molecule has 2 aromatic heterocycles. The van der Waals surface area contributed by atoms with Gasteiger partial charge in [0.1, 0.15) is 17.5 Å². The molecule has 5 N–H and O–H groups in total. The number of hydrogen-bond donors (Lipinski definition) is 3. The van der Waals surface area contributed by atoms with Gasteiger partial charge in [-0.25, -0.2) is 4.98 Å². The minimum Gasteiger partial charge on any atom is -0.383 e. The predicted octanol–water partition coefficient (Wildman–Crippen LogP) is -0.0134. The van der Waals surface area contributed by atoms with Gasteiger partial charge in [-0.3, -0.25) is 0 Å². The maximum atomic E-state index is 5.55. The third-order valence-corrected chi connectivity index (χ3v) is 2.11. The van der Waals surface area contributed by atoms with E-state index in [0.717, 1.165) is 5.82 Å². The van der Waals surface area contributed by atoms with Gasteiger partial charge < -0.3 is 21.4 Å². The number of imidazole rings is 1. The van der Waals surface area contributed by atoms with Crippen LogP contribution in [0.1, 0.15) is 5.82 Å². The van der Waals surface area contributed by atoms with E-state index in [9.17, 15) is 0 Å². The molecule has 0 aliphatic carbocycles. The summed E-state index contributed by atoms with van der Waals surface area (Å²) in [5.41, 5.74) is 11.0. The van der Waals surface area contributed by atoms with Crippen molar-refractivity contribution in [2.24, 2.45) is 7.05 Å². The van der Waals surface area contributed by atoms with Gasteiger partial charge in [-0.15, -0.1) is 0 Å². The number of aryl methyl sites for hydroxylation is 1. The van der Waals surface area contributed by atoms with Gasteiger partial charge in [0.15, 0.2) is 0 Å². The van der Waals surface area contributed by atoms with Gasteiger partial charge in [-0.2, -0.15) is 9.97 Å². The Bertz CT molecular complexity index is 470. The third kappa shape index (κ3) is 2.19.